The number of rotatable bonds is 5. The zero-order valence-electron chi connectivity index (χ0n) is 8.08. The van der Waals surface area contributed by atoms with Gasteiger partial charge in [0, 0.05) is 26.2 Å². The Balaban J connectivity index is 1.92. The van der Waals surface area contributed by atoms with Crippen molar-refractivity contribution in [2.45, 2.75) is 25.6 Å². The molecule has 1 aliphatic heterocycles. The van der Waals surface area contributed by atoms with E-state index in [0.29, 0.717) is 6.42 Å². The summed E-state index contributed by atoms with van der Waals surface area (Å²) in [5.74, 6) is 0. The molecule has 1 heterocycles. The smallest absolute Gasteiger partial charge is 0.151 e. The number of piperazine rings is 1. The maximum atomic E-state index is 8.62. The van der Waals surface area contributed by atoms with E-state index >= 15 is 0 Å². The van der Waals surface area contributed by atoms with Crippen molar-refractivity contribution >= 4 is 0 Å². The maximum absolute atomic E-state index is 8.62. The van der Waals surface area contributed by atoms with Gasteiger partial charge in [-0.3, -0.25) is 0 Å². The Morgan fingerprint density at radius 3 is 2.46 bits per heavy atom. The Morgan fingerprint density at radius 1 is 1.15 bits per heavy atom. The second kappa shape index (κ2) is 6.32. The van der Waals surface area contributed by atoms with E-state index in [0.717, 1.165) is 45.6 Å². The molecule has 0 aromatic carbocycles. The molecule has 1 saturated heterocycles. The monoisotopic (exact) mass is 188 g/mol. The zero-order chi connectivity index (χ0) is 9.52. The number of aliphatic hydroxyl groups is 2. The molecule has 0 spiro atoms. The van der Waals surface area contributed by atoms with Crippen molar-refractivity contribution in [3.05, 3.63) is 0 Å². The topological polar surface area (TPSA) is 55.7 Å². The van der Waals surface area contributed by atoms with E-state index < -0.39 is 6.29 Å². The van der Waals surface area contributed by atoms with Gasteiger partial charge in [-0.05, 0) is 25.8 Å². The fraction of sp³-hybridized carbons (Fsp3) is 1.00. The Morgan fingerprint density at radius 2 is 1.85 bits per heavy atom. The van der Waals surface area contributed by atoms with E-state index in [1.165, 1.54) is 0 Å². The van der Waals surface area contributed by atoms with Crippen LogP contribution in [0.2, 0.25) is 0 Å². The summed E-state index contributed by atoms with van der Waals surface area (Å²) in [5, 5.41) is 20.5. The quantitative estimate of drug-likeness (QED) is 0.397. The fourth-order valence-electron chi connectivity index (χ4n) is 1.60. The van der Waals surface area contributed by atoms with Crippen LogP contribution < -0.4 is 5.32 Å². The van der Waals surface area contributed by atoms with Crippen LogP contribution in [0.1, 0.15) is 19.3 Å². The summed E-state index contributed by atoms with van der Waals surface area (Å²) >= 11 is 0. The van der Waals surface area contributed by atoms with E-state index in [9.17, 15) is 0 Å². The van der Waals surface area contributed by atoms with E-state index in [2.05, 4.69) is 10.2 Å². The lowest BCUT2D eigenvalue weighted by Crippen LogP contribution is -2.43. The maximum Gasteiger partial charge on any atom is 0.151 e. The van der Waals surface area contributed by atoms with Gasteiger partial charge < -0.3 is 20.4 Å². The average Bonchev–Trinajstić information content (AvgIpc) is 2.14. The number of nitrogens with zero attached hydrogens (tertiary/aromatic N) is 1. The largest absolute Gasteiger partial charge is 0.368 e. The number of unbranched alkanes of at least 4 members (excludes halogenated alkanes) is 1. The van der Waals surface area contributed by atoms with Gasteiger partial charge in [-0.15, -0.1) is 0 Å². The fourth-order valence-corrected chi connectivity index (χ4v) is 1.60. The van der Waals surface area contributed by atoms with Crippen molar-refractivity contribution < 1.29 is 10.2 Å². The highest BCUT2D eigenvalue weighted by Gasteiger charge is 2.08. The standard InChI is InChI=1S/C9H20N2O2/c12-9(13)3-1-2-6-11-7-4-10-5-8-11/h9-10,12-13H,1-8H2. The molecule has 0 aliphatic carbocycles. The van der Waals surface area contributed by atoms with Gasteiger partial charge in [-0.1, -0.05) is 0 Å². The second-order valence-corrected chi connectivity index (χ2v) is 3.57. The highest BCUT2D eigenvalue weighted by atomic mass is 16.5. The Labute approximate surface area is 79.6 Å². The normalized spacial score (nSPS) is 19.6. The van der Waals surface area contributed by atoms with E-state index in [1.807, 2.05) is 0 Å². The molecule has 13 heavy (non-hydrogen) atoms. The molecule has 0 aromatic heterocycles. The van der Waals surface area contributed by atoms with Crippen LogP contribution in [-0.2, 0) is 0 Å². The van der Waals surface area contributed by atoms with Crippen molar-refractivity contribution in [1.29, 1.82) is 0 Å². The molecule has 1 aliphatic rings. The van der Waals surface area contributed by atoms with Gasteiger partial charge in [-0.2, -0.15) is 0 Å². The van der Waals surface area contributed by atoms with Gasteiger partial charge in [0.05, 0.1) is 0 Å². The van der Waals surface area contributed by atoms with Gasteiger partial charge in [0.2, 0.25) is 0 Å². The minimum atomic E-state index is -1.12. The van der Waals surface area contributed by atoms with Crippen LogP contribution in [0.4, 0.5) is 0 Å². The summed E-state index contributed by atoms with van der Waals surface area (Å²) in [6.45, 7) is 5.52. The SMILES string of the molecule is OC(O)CCCCN1CCNCC1. The first kappa shape index (κ1) is 10.9. The highest BCUT2D eigenvalue weighted by Crippen LogP contribution is 2.01. The lowest BCUT2D eigenvalue weighted by molar-refractivity contribution is -0.0468. The van der Waals surface area contributed by atoms with Gasteiger partial charge in [0.15, 0.2) is 6.29 Å². The van der Waals surface area contributed by atoms with Crippen molar-refractivity contribution in [3.8, 4) is 0 Å². The average molecular weight is 188 g/mol. The highest BCUT2D eigenvalue weighted by molar-refractivity contribution is 4.67. The van der Waals surface area contributed by atoms with Gasteiger partial charge in [-0.25, -0.2) is 0 Å². The van der Waals surface area contributed by atoms with Crippen LogP contribution in [0, 0.1) is 0 Å². The summed E-state index contributed by atoms with van der Waals surface area (Å²) < 4.78 is 0. The number of hydrogen-bond donors (Lipinski definition) is 3. The minimum Gasteiger partial charge on any atom is -0.368 e. The molecule has 0 saturated carbocycles. The molecule has 0 atom stereocenters. The Hall–Kier alpha value is -0.160. The second-order valence-electron chi connectivity index (χ2n) is 3.57. The number of hydrogen-bond acceptors (Lipinski definition) is 4. The van der Waals surface area contributed by atoms with Crippen LogP contribution in [0.5, 0.6) is 0 Å². The third-order valence-corrected chi connectivity index (χ3v) is 2.40. The first-order valence-electron chi connectivity index (χ1n) is 5.08. The number of nitrogens with one attached hydrogen (secondary N) is 1. The van der Waals surface area contributed by atoms with Gasteiger partial charge >= 0.3 is 0 Å². The molecule has 0 bridgehead atoms. The predicted molar refractivity (Wildman–Crippen MR) is 51.4 cm³/mol. The van der Waals surface area contributed by atoms with Gasteiger partial charge in [0.1, 0.15) is 0 Å². The summed E-state index contributed by atoms with van der Waals surface area (Å²) in [6.07, 6.45) is 1.36. The molecule has 0 radical (unpaired) electrons. The molecule has 1 fully saturated rings. The minimum absolute atomic E-state index is 0.506. The molecule has 0 amide bonds. The lowest BCUT2D eigenvalue weighted by Gasteiger charge is -2.27. The Kier molecular flexibility index (Phi) is 5.31. The molecule has 1 rings (SSSR count). The van der Waals surface area contributed by atoms with Crippen molar-refractivity contribution in [2.75, 3.05) is 32.7 Å². The van der Waals surface area contributed by atoms with Crippen LogP contribution >= 0.6 is 0 Å². The van der Waals surface area contributed by atoms with Crippen molar-refractivity contribution in [3.63, 3.8) is 0 Å². The molecular formula is C9H20N2O2. The first-order chi connectivity index (χ1) is 6.29. The summed E-state index contributed by atoms with van der Waals surface area (Å²) in [7, 11) is 0. The molecule has 4 nitrogen and oxygen atoms in total. The van der Waals surface area contributed by atoms with E-state index in [1.54, 1.807) is 0 Å². The van der Waals surface area contributed by atoms with Crippen molar-refractivity contribution in [1.82, 2.24) is 10.2 Å². The summed E-state index contributed by atoms with van der Waals surface area (Å²) in [4.78, 5) is 2.42. The summed E-state index contributed by atoms with van der Waals surface area (Å²) in [6, 6.07) is 0. The van der Waals surface area contributed by atoms with Crippen LogP contribution in [0.25, 0.3) is 0 Å². The lowest BCUT2D eigenvalue weighted by atomic mass is 10.2. The van der Waals surface area contributed by atoms with Crippen molar-refractivity contribution in [2.24, 2.45) is 0 Å². The number of aliphatic hydroxyl groups excluding tert-OH is 1. The molecule has 78 valence electrons. The van der Waals surface area contributed by atoms with E-state index in [-0.39, 0.29) is 0 Å². The first-order valence-corrected chi connectivity index (χ1v) is 5.08. The Bertz CT molecular complexity index is 125. The molecule has 3 N–H and O–H groups in total. The molecular weight excluding hydrogens is 168 g/mol. The summed E-state index contributed by atoms with van der Waals surface area (Å²) in [5.41, 5.74) is 0. The predicted octanol–water partition coefficient (Wildman–Crippen LogP) is -0.627. The third-order valence-electron chi connectivity index (χ3n) is 2.40. The third kappa shape index (κ3) is 5.21. The van der Waals surface area contributed by atoms with Gasteiger partial charge in [0.25, 0.3) is 0 Å². The molecule has 0 aromatic rings. The van der Waals surface area contributed by atoms with Crippen LogP contribution in [-0.4, -0.2) is 54.1 Å². The molecule has 0 unspecified atom stereocenters. The zero-order valence-corrected chi connectivity index (χ0v) is 8.08. The van der Waals surface area contributed by atoms with E-state index in [4.69, 9.17) is 10.2 Å². The molecule has 4 heteroatoms. The van der Waals surface area contributed by atoms with Crippen LogP contribution in [0.15, 0.2) is 0 Å². The van der Waals surface area contributed by atoms with Crippen LogP contribution in [0.3, 0.4) is 0 Å².